The van der Waals surface area contributed by atoms with Crippen molar-refractivity contribution in [1.29, 1.82) is 5.26 Å². The van der Waals surface area contributed by atoms with Crippen molar-refractivity contribution in [2.24, 2.45) is 0 Å². The summed E-state index contributed by atoms with van der Waals surface area (Å²) in [4.78, 5) is 10.7. The minimum absolute atomic E-state index is 0.413. The molecular weight excluding hydrogens is 214 g/mol. The maximum atomic E-state index is 8.80. The zero-order valence-corrected chi connectivity index (χ0v) is 10.3. The number of hydrogen-bond acceptors (Lipinski definition) is 5. The number of nitrogens with one attached hydrogen (secondary N) is 1. The Morgan fingerprint density at radius 3 is 2.94 bits per heavy atom. The van der Waals surface area contributed by atoms with Gasteiger partial charge in [-0.25, -0.2) is 9.97 Å². The number of anilines is 1. The van der Waals surface area contributed by atoms with Gasteiger partial charge in [0.2, 0.25) is 5.95 Å². The van der Waals surface area contributed by atoms with Crippen LogP contribution in [0.3, 0.4) is 0 Å². The zero-order chi connectivity index (χ0) is 12.3. The Kier molecular flexibility index (Phi) is 3.55. The molecule has 0 atom stereocenters. The Labute approximate surface area is 101 Å². The molecule has 1 fully saturated rings. The van der Waals surface area contributed by atoms with Crippen molar-refractivity contribution in [3.8, 4) is 6.07 Å². The SMILES string of the molecule is Cc1cc(C#N)nc(NCCN(C)C2CC2)n1. The molecule has 1 aliphatic carbocycles. The van der Waals surface area contributed by atoms with E-state index in [1.807, 2.05) is 13.0 Å². The van der Waals surface area contributed by atoms with Crippen LogP contribution in [0.25, 0.3) is 0 Å². The maximum absolute atomic E-state index is 8.80. The molecule has 0 aliphatic heterocycles. The molecule has 5 nitrogen and oxygen atoms in total. The fourth-order valence-electron chi connectivity index (χ4n) is 1.75. The molecule has 1 N–H and O–H groups in total. The second-order valence-electron chi connectivity index (χ2n) is 4.47. The summed E-state index contributed by atoms with van der Waals surface area (Å²) in [5.74, 6) is 0.547. The predicted octanol–water partition coefficient (Wildman–Crippen LogP) is 1.16. The van der Waals surface area contributed by atoms with E-state index in [9.17, 15) is 0 Å². The first-order chi connectivity index (χ1) is 8.19. The van der Waals surface area contributed by atoms with Gasteiger partial charge in [-0.2, -0.15) is 5.26 Å². The van der Waals surface area contributed by atoms with Gasteiger partial charge in [0.1, 0.15) is 11.8 Å². The van der Waals surface area contributed by atoms with Gasteiger partial charge in [-0.15, -0.1) is 0 Å². The van der Waals surface area contributed by atoms with Gasteiger partial charge in [0.25, 0.3) is 0 Å². The molecule has 90 valence electrons. The van der Waals surface area contributed by atoms with Gasteiger partial charge in [-0.1, -0.05) is 0 Å². The Hall–Kier alpha value is -1.67. The summed E-state index contributed by atoms with van der Waals surface area (Å²) in [6.45, 7) is 3.65. The van der Waals surface area contributed by atoms with E-state index in [1.54, 1.807) is 6.07 Å². The topological polar surface area (TPSA) is 64.8 Å². The van der Waals surface area contributed by atoms with Crippen molar-refractivity contribution in [2.75, 3.05) is 25.5 Å². The summed E-state index contributed by atoms with van der Waals surface area (Å²) in [5, 5.41) is 12.0. The number of aromatic nitrogens is 2. The van der Waals surface area contributed by atoms with Gasteiger partial charge in [0.15, 0.2) is 0 Å². The highest BCUT2D eigenvalue weighted by molar-refractivity contribution is 5.32. The lowest BCUT2D eigenvalue weighted by Gasteiger charge is -2.15. The molecule has 1 aliphatic rings. The molecule has 1 saturated carbocycles. The molecule has 17 heavy (non-hydrogen) atoms. The standard InChI is InChI=1S/C12H17N5/c1-9-7-10(8-13)16-12(15-9)14-5-6-17(2)11-3-4-11/h7,11H,3-6H2,1-2H3,(H,14,15,16). The van der Waals surface area contributed by atoms with E-state index in [1.165, 1.54) is 12.8 Å². The van der Waals surface area contributed by atoms with E-state index < -0.39 is 0 Å². The predicted molar refractivity (Wildman–Crippen MR) is 65.6 cm³/mol. The fraction of sp³-hybridized carbons (Fsp3) is 0.583. The van der Waals surface area contributed by atoms with Crippen molar-refractivity contribution in [3.05, 3.63) is 17.5 Å². The number of likely N-dealkylation sites (N-methyl/N-ethyl adjacent to an activating group) is 1. The van der Waals surface area contributed by atoms with Crippen LogP contribution in [0.15, 0.2) is 6.07 Å². The van der Waals surface area contributed by atoms with Gasteiger partial charge in [-0.05, 0) is 32.9 Å². The third kappa shape index (κ3) is 3.40. The first-order valence-corrected chi connectivity index (χ1v) is 5.89. The lowest BCUT2D eigenvalue weighted by Crippen LogP contribution is -2.27. The molecule has 0 radical (unpaired) electrons. The van der Waals surface area contributed by atoms with E-state index in [4.69, 9.17) is 5.26 Å². The van der Waals surface area contributed by atoms with E-state index in [0.717, 1.165) is 24.8 Å². The molecule has 0 unspecified atom stereocenters. The van der Waals surface area contributed by atoms with E-state index in [0.29, 0.717) is 11.6 Å². The van der Waals surface area contributed by atoms with Crippen LogP contribution in [0.4, 0.5) is 5.95 Å². The van der Waals surface area contributed by atoms with Crippen molar-refractivity contribution in [3.63, 3.8) is 0 Å². The second kappa shape index (κ2) is 5.11. The third-order valence-electron chi connectivity index (χ3n) is 2.89. The van der Waals surface area contributed by atoms with Crippen LogP contribution in [0.1, 0.15) is 24.2 Å². The summed E-state index contributed by atoms with van der Waals surface area (Å²) in [6.07, 6.45) is 2.63. The minimum Gasteiger partial charge on any atom is -0.353 e. The molecule has 2 rings (SSSR count). The summed E-state index contributed by atoms with van der Waals surface area (Å²) < 4.78 is 0. The molecule has 1 aromatic heterocycles. The first kappa shape index (κ1) is 11.8. The summed E-state index contributed by atoms with van der Waals surface area (Å²) in [5.41, 5.74) is 1.23. The van der Waals surface area contributed by atoms with Crippen LogP contribution in [0.2, 0.25) is 0 Å². The number of nitrogens with zero attached hydrogens (tertiary/aromatic N) is 4. The Morgan fingerprint density at radius 1 is 1.53 bits per heavy atom. The molecule has 0 saturated heterocycles. The highest BCUT2D eigenvalue weighted by Gasteiger charge is 2.25. The van der Waals surface area contributed by atoms with Crippen LogP contribution < -0.4 is 5.32 Å². The summed E-state index contributed by atoms with van der Waals surface area (Å²) in [6, 6.07) is 4.48. The van der Waals surface area contributed by atoms with Crippen LogP contribution in [0, 0.1) is 18.3 Å². The minimum atomic E-state index is 0.413. The van der Waals surface area contributed by atoms with Gasteiger partial charge < -0.3 is 10.2 Å². The van der Waals surface area contributed by atoms with Crippen molar-refractivity contribution in [1.82, 2.24) is 14.9 Å². The highest BCUT2D eigenvalue weighted by Crippen LogP contribution is 2.24. The molecule has 1 heterocycles. The van der Waals surface area contributed by atoms with Crippen LogP contribution in [-0.4, -0.2) is 41.0 Å². The second-order valence-corrected chi connectivity index (χ2v) is 4.47. The average Bonchev–Trinajstić information content (AvgIpc) is 3.12. The molecule has 0 amide bonds. The third-order valence-corrected chi connectivity index (χ3v) is 2.89. The quantitative estimate of drug-likeness (QED) is 0.824. The normalized spacial score (nSPS) is 14.7. The molecular formula is C12H17N5. The van der Waals surface area contributed by atoms with Crippen LogP contribution >= 0.6 is 0 Å². The molecule has 0 spiro atoms. The van der Waals surface area contributed by atoms with Crippen LogP contribution in [0.5, 0.6) is 0 Å². The van der Waals surface area contributed by atoms with Crippen LogP contribution in [-0.2, 0) is 0 Å². The number of rotatable bonds is 5. The first-order valence-electron chi connectivity index (χ1n) is 5.89. The van der Waals surface area contributed by atoms with Crippen molar-refractivity contribution >= 4 is 5.95 Å². The lowest BCUT2D eigenvalue weighted by molar-refractivity contribution is 0.337. The molecule has 1 aromatic rings. The van der Waals surface area contributed by atoms with E-state index >= 15 is 0 Å². The van der Waals surface area contributed by atoms with Crippen molar-refractivity contribution in [2.45, 2.75) is 25.8 Å². The van der Waals surface area contributed by atoms with Gasteiger partial charge in [0.05, 0.1) is 0 Å². The summed E-state index contributed by atoms with van der Waals surface area (Å²) in [7, 11) is 2.14. The molecule has 0 aromatic carbocycles. The Morgan fingerprint density at radius 2 is 2.29 bits per heavy atom. The molecule has 5 heteroatoms. The molecule has 0 bridgehead atoms. The van der Waals surface area contributed by atoms with E-state index in [2.05, 4.69) is 27.2 Å². The zero-order valence-electron chi connectivity index (χ0n) is 10.3. The lowest BCUT2D eigenvalue weighted by atomic mass is 10.3. The Balaban J connectivity index is 1.85. The number of hydrogen-bond donors (Lipinski definition) is 1. The Bertz CT molecular complexity index is 433. The monoisotopic (exact) mass is 231 g/mol. The van der Waals surface area contributed by atoms with E-state index in [-0.39, 0.29) is 0 Å². The van der Waals surface area contributed by atoms with Crippen molar-refractivity contribution < 1.29 is 0 Å². The number of aryl methyl sites for hydroxylation is 1. The summed E-state index contributed by atoms with van der Waals surface area (Å²) >= 11 is 0. The number of nitriles is 1. The fourth-order valence-corrected chi connectivity index (χ4v) is 1.75. The van der Waals surface area contributed by atoms with Gasteiger partial charge in [0, 0.05) is 24.8 Å². The van der Waals surface area contributed by atoms with Gasteiger partial charge in [-0.3, -0.25) is 0 Å². The average molecular weight is 231 g/mol. The smallest absolute Gasteiger partial charge is 0.224 e. The largest absolute Gasteiger partial charge is 0.353 e. The van der Waals surface area contributed by atoms with Gasteiger partial charge >= 0.3 is 0 Å². The maximum Gasteiger partial charge on any atom is 0.224 e. The highest BCUT2D eigenvalue weighted by atomic mass is 15.2.